The lowest BCUT2D eigenvalue weighted by Gasteiger charge is -2.18. The Bertz CT molecular complexity index is 1540. The number of aryl methyl sites for hydroxylation is 1. The van der Waals surface area contributed by atoms with Crippen LogP contribution in [0.25, 0.3) is 5.69 Å². The van der Waals surface area contributed by atoms with Crippen molar-refractivity contribution in [2.75, 3.05) is 16.7 Å². The quantitative estimate of drug-likeness (QED) is 0.437. The number of benzene rings is 2. The fraction of sp³-hybridized carbons (Fsp3) is 0.182. The molecule has 2 aromatic carbocycles. The molecule has 0 aliphatic carbocycles. The van der Waals surface area contributed by atoms with Gasteiger partial charge in [-0.05, 0) is 44.2 Å². The van der Waals surface area contributed by atoms with Crippen LogP contribution in [-0.4, -0.2) is 40.9 Å². The van der Waals surface area contributed by atoms with Crippen LogP contribution in [0.4, 0.5) is 10.8 Å². The number of amides is 1. The molecule has 2 aromatic heterocycles. The van der Waals surface area contributed by atoms with Gasteiger partial charge in [-0.1, -0.05) is 35.6 Å². The number of rotatable bonds is 6. The largest absolute Gasteiger partial charge is 0.296 e. The number of nitrogens with one attached hydrogen (secondary N) is 1. The molecule has 0 atom stereocenters. The first kappa shape index (κ1) is 23.4. The Morgan fingerprint density at radius 1 is 1.06 bits per heavy atom. The second-order valence-electron chi connectivity index (χ2n) is 7.49. The van der Waals surface area contributed by atoms with Gasteiger partial charge in [0.15, 0.2) is 0 Å². The van der Waals surface area contributed by atoms with Crippen molar-refractivity contribution in [2.45, 2.75) is 18.7 Å². The molecule has 0 aliphatic heterocycles. The predicted molar refractivity (Wildman–Crippen MR) is 130 cm³/mol. The minimum Gasteiger partial charge on any atom is -0.296 e. The van der Waals surface area contributed by atoms with Crippen LogP contribution in [-0.2, 0) is 17.1 Å². The summed E-state index contributed by atoms with van der Waals surface area (Å²) in [5.41, 5.74) is 0.762. The van der Waals surface area contributed by atoms with Crippen LogP contribution in [0.1, 0.15) is 21.1 Å². The lowest BCUT2D eigenvalue weighted by atomic mass is 10.2. The predicted octanol–water partition coefficient (Wildman–Crippen LogP) is 2.72. The molecule has 1 amide bonds. The summed E-state index contributed by atoms with van der Waals surface area (Å²) in [5.74, 6) is -0.516. The molecule has 1 N–H and O–H groups in total. The van der Waals surface area contributed by atoms with E-state index in [1.165, 1.54) is 47.3 Å². The third kappa shape index (κ3) is 4.13. The first-order chi connectivity index (χ1) is 16.1. The Kier molecular flexibility index (Phi) is 6.11. The van der Waals surface area contributed by atoms with Gasteiger partial charge in [0.2, 0.25) is 5.13 Å². The van der Waals surface area contributed by atoms with Crippen molar-refractivity contribution < 1.29 is 13.2 Å². The minimum atomic E-state index is -4.15. The zero-order valence-corrected chi connectivity index (χ0v) is 20.5. The van der Waals surface area contributed by atoms with Crippen LogP contribution in [0.3, 0.4) is 0 Å². The van der Waals surface area contributed by atoms with Crippen molar-refractivity contribution in [1.29, 1.82) is 0 Å². The number of nitrogens with zero attached hydrogens (tertiary/aromatic N) is 5. The number of anilines is 2. The highest BCUT2D eigenvalue weighted by Gasteiger charge is 2.29. The first-order valence-corrected chi connectivity index (χ1v) is 12.4. The zero-order valence-electron chi connectivity index (χ0n) is 18.9. The summed E-state index contributed by atoms with van der Waals surface area (Å²) in [4.78, 5) is 25.8. The molecule has 0 radical (unpaired) electrons. The summed E-state index contributed by atoms with van der Waals surface area (Å²) in [6.45, 7) is 3.43. The zero-order chi connectivity index (χ0) is 24.6. The molecule has 10 nitrogen and oxygen atoms in total. The summed E-state index contributed by atoms with van der Waals surface area (Å²) in [7, 11) is -1.13. The third-order valence-corrected chi connectivity index (χ3v) is 7.85. The van der Waals surface area contributed by atoms with Crippen LogP contribution in [0.2, 0.25) is 0 Å². The molecule has 0 saturated heterocycles. The van der Waals surface area contributed by atoms with Crippen molar-refractivity contribution in [3.8, 4) is 5.69 Å². The van der Waals surface area contributed by atoms with E-state index in [0.29, 0.717) is 21.5 Å². The van der Waals surface area contributed by atoms with Gasteiger partial charge in [0.05, 0.1) is 16.3 Å². The molecule has 4 rings (SSSR count). The van der Waals surface area contributed by atoms with E-state index < -0.39 is 21.5 Å². The normalized spacial score (nSPS) is 11.4. The highest BCUT2D eigenvalue weighted by atomic mass is 32.2. The van der Waals surface area contributed by atoms with Crippen molar-refractivity contribution in [1.82, 2.24) is 19.6 Å². The van der Waals surface area contributed by atoms with Crippen molar-refractivity contribution in [3.63, 3.8) is 0 Å². The third-order valence-electron chi connectivity index (χ3n) is 5.34. The fourth-order valence-corrected chi connectivity index (χ4v) is 5.39. The van der Waals surface area contributed by atoms with Gasteiger partial charge < -0.3 is 0 Å². The van der Waals surface area contributed by atoms with Gasteiger partial charge in [-0.3, -0.25) is 23.9 Å². The summed E-state index contributed by atoms with van der Waals surface area (Å²) in [6.07, 6.45) is 0. The van der Waals surface area contributed by atoms with Gasteiger partial charge in [-0.15, -0.1) is 10.2 Å². The summed E-state index contributed by atoms with van der Waals surface area (Å²) >= 11 is 1.21. The molecule has 0 bridgehead atoms. The van der Waals surface area contributed by atoms with Crippen molar-refractivity contribution in [2.24, 2.45) is 7.05 Å². The first-order valence-electron chi connectivity index (χ1n) is 10.2. The highest BCUT2D eigenvalue weighted by molar-refractivity contribution is 7.92. The molecule has 0 saturated carbocycles. The molecule has 4 aromatic rings. The van der Waals surface area contributed by atoms with Crippen LogP contribution in [0.5, 0.6) is 0 Å². The summed E-state index contributed by atoms with van der Waals surface area (Å²) < 4.78 is 30.9. The average Bonchev–Trinajstić information content (AvgIpc) is 3.33. The fourth-order valence-electron chi connectivity index (χ4n) is 3.51. The van der Waals surface area contributed by atoms with Gasteiger partial charge in [0.25, 0.3) is 21.5 Å². The smallest absolute Gasteiger partial charge is 0.296 e. The molecule has 12 heteroatoms. The van der Waals surface area contributed by atoms with Crippen molar-refractivity contribution in [3.05, 3.63) is 81.2 Å². The maximum absolute atomic E-state index is 13.4. The number of hydrogen-bond acceptors (Lipinski definition) is 7. The van der Waals surface area contributed by atoms with Crippen LogP contribution in [0, 0.1) is 13.8 Å². The Morgan fingerprint density at radius 3 is 2.41 bits per heavy atom. The van der Waals surface area contributed by atoms with Crippen LogP contribution >= 0.6 is 11.3 Å². The lowest BCUT2D eigenvalue weighted by Crippen LogP contribution is -2.32. The standard InChI is InChI=1S/C22H22N6O4S2/c1-14-19(21(30)28(26(14)3)17-10-6-5-7-11-17)27(4)34(31,32)18-12-8-9-16(13-18)20(29)23-22-25-24-15(2)33-22/h5-13H,1-4H3,(H,23,25,29). The van der Waals surface area contributed by atoms with Crippen LogP contribution in [0.15, 0.2) is 64.3 Å². The van der Waals surface area contributed by atoms with E-state index in [0.717, 1.165) is 4.31 Å². The minimum absolute atomic E-state index is 0.0190. The maximum Gasteiger partial charge on any atom is 0.296 e. The van der Waals surface area contributed by atoms with Crippen LogP contribution < -0.4 is 15.2 Å². The number of para-hydroxylation sites is 1. The van der Waals surface area contributed by atoms with E-state index in [2.05, 4.69) is 15.5 Å². The Hall–Kier alpha value is -3.77. The Balaban J connectivity index is 1.70. The number of carbonyl (C=O) groups is 1. The lowest BCUT2D eigenvalue weighted by molar-refractivity contribution is 0.102. The Labute approximate surface area is 200 Å². The molecule has 0 unspecified atom stereocenters. The van der Waals surface area contributed by atoms with E-state index >= 15 is 0 Å². The van der Waals surface area contributed by atoms with Gasteiger partial charge >= 0.3 is 0 Å². The SMILES string of the molecule is Cc1nnc(NC(=O)c2cccc(S(=O)(=O)N(C)c3c(C)n(C)n(-c4ccccc4)c3=O)c2)s1. The average molecular weight is 499 g/mol. The van der Waals surface area contributed by atoms with Crippen molar-refractivity contribution >= 4 is 38.1 Å². The maximum atomic E-state index is 13.4. The monoisotopic (exact) mass is 498 g/mol. The van der Waals surface area contributed by atoms with Gasteiger partial charge in [-0.25, -0.2) is 13.1 Å². The molecule has 0 aliphatic rings. The van der Waals surface area contributed by atoms with Gasteiger partial charge in [0.1, 0.15) is 10.7 Å². The van der Waals surface area contributed by atoms with E-state index in [9.17, 15) is 18.0 Å². The van der Waals surface area contributed by atoms with Gasteiger partial charge in [0, 0.05) is 19.7 Å². The van der Waals surface area contributed by atoms with E-state index in [1.54, 1.807) is 49.8 Å². The second kappa shape index (κ2) is 8.88. The molecule has 0 spiro atoms. The molecule has 34 heavy (non-hydrogen) atoms. The number of sulfonamides is 1. The number of carbonyl (C=O) groups excluding carboxylic acids is 1. The summed E-state index contributed by atoms with van der Waals surface area (Å²) in [5, 5.41) is 11.3. The van der Waals surface area contributed by atoms with E-state index in [4.69, 9.17) is 0 Å². The second-order valence-corrected chi connectivity index (χ2v) is 10.6. The molecular weight excluding hydrogens is 476 g/mol. The Morgan fingerprint density at radius 2 is 1.76 bits per heavy atom. The molecule has 0 fully saturated rings. The van der Waals surface area contributed by atoms with Gasteiger partial charge in [-0.2, -0.15) is 0 Å². The highest BCUT2D eigenvalue weighted by Crippen LogP contribution is 2.25. The summed E-state index contributed by atoms with van der Waals surface area (Å²) in [6, 6.07) is 14.6. The molecule has 176 valence electrons. The number of hydrogen-bond donors (Lipinski definition) is 1. The molecular formula is C22H22N6O4S2. The molecule has 2 heterocycles. The van der Waals surface area contributed by atoms with E-state index in [-0.39, 0.29) is 16.1 Å². The van der Waals surface area contributed by atoms with E-state index in [1.807, 2.05) is 6.07 Å². The number of aromatic nitrogens is 4. The topological polar surface area (TPSA) is 119 Å².